The third-order valence-electron chi connectivity index (χ3n) is 6.85. The van der Waals surface area contributed by atoms with Crippen LogP contribution in [0.15, 0.2) is 30.3 Å². The van der Waals surface area contributed by atoms with Crippen LogP contribution in [-0.2, 0) is 35.1 Å². The standard InChI is InChI=1S/C31H50N4O6/c1-6-40-15-12-28(36)25(18-22(2)3)33-31(39)27(20-24-10-8-7-9-11-24)34-30(38)26(19-23(4)5)32-29(37)21-35-13-16-41-17-14-35/h7-11,22-23,25-27H,6,12-21H2,1-5H3,(H,32,37)(H,33,39)(H,34,38)/t25?,26?,27-/m0/s1. The van der Waals surface area contributed by atoms with Gasteiger partial charge in [-0.05, 0) is 37.2 Å². The van der Waals surface area contributed by atoms with E-state index in [0.29, 0.717) is 52.4 Å². The van der Waals surface area contributed by atoms with Crippen LogP contribution in [0.1, 0.15) is 59.4 Å². The lowest BCUT2D eigenvalue weighted by atomic mass is 9.97. The Labute approximate surface area is 245 Å². The van der Waals surface area contributed by atoms with Gasteiger partial charge < -0.3 is 25.4 Å². The average Bonchev–Trinajstić information content (AvgIpc) is 2.92. The van der Waals surface area contributed by atoms with E-state index in [1.165, 1.54) is 0 Å². The first-order valence-electron chi connectivity index (χ1n) is 14.9. The van der Waals surface area contributed by atoms with Crippen LogP contribution in [0, 0.1) is 11.8 Å². The van der Waals surface area contributed by atoms with Gasteiger partial charge in [-0.25, -0.2) is 0 Å². The molecule has 0 spiro atoms. The Hall–Kier alpha value is -2.82. The van der Waals surface area contributed by atoms with E-state index in [2.05, 4.69) is 16.0 Å². The van der Waals surface area contributed by atoms with Crippen molar-refractivity contribution in [2.45, 2.75) is 78.4 Å². The molecule has 1 aliphatic rings. The summed E-state index contributed by atoms with van der Waals surface area (Å²) in [5, 5.41) is 8.69. The number of nitrogens with one attached hydrogen (secondary N) is 3. The van der Waals surface area contributed by atoms with Crippen LogP contribution >= 0.6 is 0 Å². The van der Waals surface area contributed by atoms with Gasteiger partial charge in [-0.1, -0.05) is 58.0 Å². The summed E-state index contributed by atoms with van der Waals surface area (Å²) in [5.74, 6) is -0.884. The first-order valence-corrected chi connectivity index (χ1v) is 14.9. The van der Waals surface area contributed by atoms with E-state index in [9.17, 15) is 19.2 Å². The van der Waals surface area contributed by atoms with Crippen LogP contribution in [0.3, 0.4) is 0 Å². The predicted octanol–water partition coefficient (Wildman–Crippen LogP) is 2.10. The van der Waals surface area contributed by atoms with Gasteiger partial charge in [0, 0.05) is 32.5 Å². The second-order valence-electron chi connectivity index (χ2n) is 11.5. The maximum Gasteiger partial charge on any atom is 0.243 e. The molecule has 1 aliphatic heterocycles. The molecule has 0 aromatic heterocycles. The zero-order chi connectivity index (χ0) is 30.2. The van der Waals surface area contributed by atoms with Gasteiger partial charge in [0.15, 0.2) is 5.78 Å². The highest BCUT2D eigenvalue weighted by Gasteiger charge is 2.30. The van der Waals surface area contributed by atoms with Gasteiger partial charge in [-0.3, -0.25) is 24.1 Å². The maximum absolute atomic E-state index is 13.6. The molecule has 3 atom stereocenters. The molecular weight excluding hydrogens is 524 g/mol. The molecule has 0 bridgehead atoms. The quantitative estimate of drug-likeness (QED) is 0.229. The van der Waals surface area contributed by atoms with Crippen molar-refractivity contribution in [2.24, 2.45) is 11.8 Å². The molecule has 1 fully saturated rings. The van der Waals surface area contributed by atoms with Crippen molar-refractivity contribution in [3.8, 4) is 0 Å². The van der Waals surface area contributed by atoms with Gasteiger partial charge in [0.2, 0.25) is 17.7 Å². The zero-order valence-electron chi connectivity index (χ0n) is 25.4. The zero-order valence-corrected chi connectivity index (χ0v) is 25.4. The number of hydrogen-bond donors (Lipinski definition) is 3. The van der Waals surface area contributed by atoms with Crippen molar-refractivity contribution in [3.63, 3.8) is 0 Å². The number of rotatable bonds is 18. The predicted molar refractivity (Wildman–Crippen MR) is 158 cm³/mol. The molecule has 2 unspecified atom stereocenters. The Balaban J connectivity index is 2.18. The molecule has 230 valence electrons. The fourth-order valence-corrected chi connectivity index (χ4v) is 4.74. The number of ketones is 1. The first kappa shape index (κ1) is 34.4. The Morgan fingerprint density at radius 3 is 2.05 bits per heavy atom. The third kappa shape index (κ3) is 13.6. The van der Waals surface area contributed by atoms with Crippen molar-refractivity contribution in [3.05, 3.63) is 35.9 Å². The second kappa shape index (κ2) is 18.6. The molecule has 2 rings (SSSR count). The molecule has 0 aliphatic carbocycles. The minimum atomic E-state index is -0.926. The van der Waals surface area contributed by atoms with Gasteiger partial charge >= 0.3 is 0 Å². The lowest BCUT2D eigenvalue weighted by molar-refractivity contribution is -0.134. The van der Waals surface area contributed by atoms with E-state index in [-0.39, 0.29) is 42.9 Å². The van der Waals surface area contributed by atoms with Crippen molar-refractivity contribution < 1.29 is 28.7 Å². The Morgan fingerprint density at radius 2 is 1.44 bits per heavy atom. The Kier molecular flexibility index (Phi) is 15.6. The summed E-state index contributed by atoms with van der Waals surface area (Å²) in [5.41, 5.74) is 0.868. The Morgan fingerprint density at radius 1 is 0.854 bits per heavy atom. The van der Waals surface area contributed by atoms with Crippen molar-refractivity contribution >= 4 is 23.5 Å². The van der Waals surface area contributed by atoms with Crippen molar-refractivity contribution in [1.29, 1.82) is 0 Å². The first-order chi connectivity index (χ1) is 19.6. The highest BCUT2D eigenvalue weighted by molar-refractivity contribution is 5.95. The fraction of sp³-hybridized carbons (Fsp3) is 0.677. The molecular formula is C31H50N4O6. The minimum absolute atomic E-state index is 0.0988. The van der Waals surface area contributed by atoms with E-state index >= 15 is 0 Å². The fourth-order valence-electron chi connectivity index (χ4n) is 4.74. The Bertz CT molecular complexity index is 949. The average molecular weight is 575 g/mol. The van der Waals surface area contributed by atoms with E-state index < -0.39 is 29.9 Å². The number of ether oxygens (including phenoxy) is 2. The molecule has 1 aromatic carbocycles. The van der Waals surface area contributed by atoms with E-state index in [1.54, 1.807) is 0 Å². The van der Waals surface area contributed by atoms with Crippen LogP contribution in [-0.4, -0.2) is 92.6 Å². The van der Waals surface area contributed by atoms with Gasteiger partial charge in [0.25, 0.3) is 0 Å². The normalized spacial score (nSPS) is 16.2. The van der Waals surface area contributed by atoms with Crippen LogP contribution in [0.5, 0.6) is 0 Å². The molecule has 3 amide bonds. The summed E-state index contributed by atoms with van der Waals surface area (Å²) in [6.45, 7) is 13.3. The summed E-state index contributed by atoms with van der Waals surface area (Å²) in [6, 6.07) is 7.01. The third-order valence-corrected chi connectivity index (χ3v) is 6.85. The summed E-state index contributed by atoms with van der Waals surface area (Å²) in [7, 11) is 0. The number of benzene rings is 1. The molecule has 0 saturated carbocycles. The van der Waals surface area contributed by atoms with Gasteiger partial charge in [0.05, 0.1) is 32.4 Å². The lowest BCUT2D eigenvalue weighted by Crippen LogP contribution is -2.57. The molecule has 1 saturated heterocycles. The molecule has 10 heteroatoms. The lowest BCUT2D eigenvalue weighted by Gasteiger charge is -2.28. The summed E-state index contributed by atoms with van der Waals surface area (Å²) in [6.07, 6.45) is 1.35. The van der Waals surface area contributed by atoms with E-state index in [4.69, 9.17) is 9.47 Å². The summed E-state index contributed by atoms with van der Waals surface area (Å²) in [4.78, 5) is 55.0. The maximum atomic E-state index is 13.6. The molecule has 3 N–H and O–H groups in total. The summed E-state index contributed by atoms with van der Waals surface area (Å²) >= 11 is 0. The molecule has 1 heterocycles. The highest BCUT2D eigenvalue weighted by Crippen LogP contribution is 2.11. The highest BCUT2D eigenvalue weighted by atomic mass is 16.5. The van der Waals surface area contributed by atoms with Gasteiger partial charge in [-0.15, -0.1) is 0 Å². The molecule has 41 heavy (non-hydrogen) atoms. The largest absolute Gasteiger partial charge is 0.381 e. The second-order valence-corrected chi connectivity index (χ2v) is 11.5. The van der Waals surface area contributed by atoms with Crippen LogP contribution in [0.25, 0.3) is 0 Å². The monoisotopic (exact) mass is 574 g/mol. The van der Waals surface area contributed by atoms with Crippen molar-refractivity contribution in [2.75, 3.05) is 46.1 Å². The van der Waals surface area contributed by atoms with Crippen LogP contribution in [0.2, 0.25) is 0 Å². The molecule has 0 radical (unpaired) electrons. The van der Waals surface area contributed by atoms with E-state index in [1.807, 2.05) is 69.9 Å². The van der Waals surface area contributed by atoms with Crippen LogP contribution < -0.4 is 16.0 Å². The summed E-state index contributed by atoms with van der Waals surface area (Å²) < 4.78 is 10.7. The van der Waals surface area contributed by atoms with Gasteiger partial charge in [-0.2, -0.15) is 0 Å². The minimum Gasteiger partial charge on any atom is -0.381 e. The molecule has 1 aromatic rings. The number of carbonyl (C=O) groups excluding carboxylic acids is 4. The number of nitrogens with zero attached hydrogens (tertiary/aromatic N) is 1. The van der Waals surface area contributed by atoms with Crippen molar-refractivity contribution in [1.82, 2.24) is 20.9 Å². The number of hydrogen-bond acceptors (Lipinski definition) is 7. The number of morpholine rings is 1. The smallest absolute Gasteiger partial charge is 0.243 e. The number of carbonyl (C=O) groups is 4. The van der Waals surface area contributed by atoms with E-state index in [0.717, 1.165) is 5.56 Å². The SMILES string of the molecule is CCOCCC(=O)C(CC(C)C)NC(=O)[C@H](Cc1ccccc1)NC(=O)C(CC(C)C)NC(=O)CN1CCOCC1. The topological polar surface area (TPSA) is 126 Å². The van der Waals surface area contributed by atoms with Crippen LogP contribution in [0.4, 0.5) is 0 Å². The van der Waals surface area contributed by atoms with Gasteiger partial charge in [0.1, 0.15) is 12.1 Å². The number of amides is 3. The number of Topliss-reactive ketones (excluding diaryl/α,β-unsaturated/α-hetero) is 1. The molecule has 10 nitrogen and oxygen atoms in total.